The van der Waals surface area contributed by atoms with Crippen LogP contribution in [0.5, 0.6) is 5.75 Å². The normalized spacial score (nSPS) is 17.8. The van der Waals surface area contributed by atoms with Crippen LogP contribution in [0.25, 0.3) is 5.76 Å². The van der Waals surface area contributed by atoms with Gasteiger partial charge in [-0.15, -0.1) is 0 Å². The minimum Gasteiger partial charge on any atom is -0.507 e. The fraction of sp³-hybridized carbons (Fsp3) is 0.385. The number of amides is 1. The third-order valence-electron chi connectivity index (χ3n) is 5.51. The number of aliphatic hydroxyl groups is 1. The van der Waals surface area contributed by atoms with Gasteiger partial charge in [0.05, 0.1) is 18.2 Å². The lowest BCUT2D eigenvalue weighted by Gasteiger charge is -2.25. The van der Waals surface area contributed by atoms with Crippen LogP contribution in [0.4, 0.5) is 0 Å². The van der Waals surface area contributed by atoms with E-state index < -0.39 is 17.7 Å². The molecule has 2 aromatic rings. The van der Waals surface area contributed by atoms with Gasteiger partial charge in [-0.1, -0.05) is 37.6 Å². The van der Waals surface area contributed by atoms with Crippen molar-refractivity contribution in [2.45, 2.75) is 33.2 Å². The van der Waals surface area contributed by atoms with Crippen molar-refractivity contribution in [3.63, 3.8) is 0 Å². The fourth-order valence-electron chi connectivity index (χ4n) is 3.88. The lowest BCUT2D eigenvalue weighted by molar-refractivity contribution is -0.140. The van der Waals surface area contributed by atoms with Gasteiger partial charge in [0, 0.05) is 30.8 Å². The van der Waals surface area contributed by atoms with E-state index in [0.717, 1.165) is 5.56 Å². The molecule has 0 saturated carbocycles. The molecule has 1 N–H and O–H groups in total. The number of hydrogen-bond acceptors (Lipinski definition) is 5. The zero-order valence-electron chi connectivity index (χ0n) is 19.4. The number of likely N-dealkylation sites (tertiary alicyclic amines) is 1. The minimum absolute atomic E-state index is 0.0682. The Kier molecular flexibility index (Phi) is 8.16. The number of nitrogens with zero attached hydrogens (tertiary/aromatic N) is 1. The molecule has 1 aliphatic heterocycles. The van der Waals surface area contributed by atoms with Crippen molar-refractivity contribution < 1.29 is 24.2 Å². The number of hydrogen-bond donors (Lipinski definition) is 1. The summed E-state index contributed by atoms with van der Waals surface area (Å²) >= 11 is 6.05. The van der Waals surface area contributed by atoms with E-state index in [4.69, 9.17) is 21.1 Å². The summed E-state index contributed by atoms with van der Waals surface area (Å²) in [5.41, 5.74) is 2.00. The highest BCUT2D eigenvalue weighted by Crippen LogP contribution is 2.40. The van der Waals surface area contributed by atoms with Crippen molar-refractivity contribution in [2.75, 3.05) is 26.9 Å². The molecule has 0 unspecified atom stereocenters. The monoisotopic (exact) mass is 471 g/mol. The van der Waals surface area contributed by atoms with Crippen molar-refractivity contribution >= 4 is 29.1 Å². The number of Topliss-reactive ketones (excluding diaryl/α,β-unsaturated/α-hetero) is 1. The van der Waals surface area contributed by atoms with Crippen molar-refractivity contribution in [3.05, 3.63) is 69.8 Å². The molecule has 0 aromatic heterocycles. The van der Waals surface area contributed by atoms with Gasteiger partial charge < -0.3 is 19.5 Å². The zero-order chi connectivity index (χ0) is 24.1. The lowest BCUT2D eigenvalue weighted by atomic mass is 9.94. The van der Waals surface area contributed by atoms with Crippen molar-refractivity contribution in [1.29, 1.82) is 0 Å². The SMILES string of the molecule is COCCCN1C(=O)C(=O)C(=C(O)c2ccc(OCC(C)C)cc2C)[C@@H]1c1ccc(Cl)cc1. The van der Waals surface area contributed by atoms with E-state index in [-0.39, 0.29) is 11.3 Å². The maximum Gasteiger partial charge on any atom is 0.295 e. The molecule has 0 aliphatic carbocycles. The number of aryl methyl sites for hydroxylation is 1. The van der Waals surface area contributed by atoms with Crippen molar-refractivity contribution in [3.8, 4) is 5.75 Å². The Morgan fingerprint density at radius 1 is 1.15 bits per heavy atom. The van der Waals surface area contributed by atoms with Gasteiger partial charge in [-0.3, -0.25) is 9.59 Å². The van der Waals surface area contributed by atoms with E-state index in [1.165, 1.54) is 4.90 Å². The smallest absolute Gasteiger partial charge is 0.295 e. The first kappa shape index (κ1) is 24.8. The Labute approximate surface area is 199 Å². The van der Waals surface area contributed by atoms with E-state index in [0.29, 0.717) is 54.0 Å². The molecule has 0 bridgehead atoms. The maximum atomic E-state index is 13.1. The first-order valence-corrected chi connectivity index (χ1v) is 11.4. The largest absolute Gasteiger partial charge is 0.507 e. The first-order valence-electron chi connectivity index (χ1n) is 11.0. The van der Waals surface area contributed by atoms with Gasteiger partial charge in [0.1, 0.15) is 11.5 Å². The zero-order valence-corrected chi connectivity index (χ0v) is 20.2. The van der Waals surface area contributed by atoms with E-state index in [9.17, 15) is 14.7 Å². The van der Waals surface area contributed by atoms with Crippen LogP contribution in [-0.4, -0.2) is 48.6 Å². The summed E-state index contributed by atoms with van der Waals surface area (Å²) < 4.78 is 10.9. The summed E-state index contributed by atoms with van der Waals surface area (Å²) in [4.78, 5) is 27.5. The molecule has 1 saturated heterocycles. The number of benzene rings is 2. The summed E-state index contributed by atoms with van der Waals surface area (Å²) in [6.45, 7) is 7.32. The Hall–Kier alpha value is -2.83. The van der Waals surface area contributed by atoms with Crippen molar-refractivity contribution in [1.82, 2.24) is 4.90 Å². The fourth-order valence-corrected chi connectivity index (χ4v) is 4.01. The van der Waals surface area contributed by atoms with E-state index >= 15 is 0 Å². The minimum atomic E-state index is -0.713. The Bertz CT molecular complexity index is 1050. The van der Waals surface area contributed by atoms with Crippen LogP contribution in [0.1, 0.15) is 43.0 Å². The molecule has 0 spiro atoms. The van der Waals surface area contributed by atoms with Crippen LogP contribution in [0, 0.1) is 12.8 Å². The van der Waals surface area contributed by atoms with Crippen LogP contribution >= 0.6 is 11.6 Å². The Morgan fingerprint density at radius 3 is 2.45 bits per heavy atom. The van der Waals surface area contributed by atoms with Crippen LogP contribution in [0.3, 0.4) is 0 Å². The summed E-state index contributed by atoms with van der Waals surface area (Å²) in [6, 6.07) is 11.5. The van der Waals surface area contributed by atoms with Gasteiger partial charge >= 0.3 is 0 Å². The predicted molar refractivity (Wildman–Crippen MR) is 128 cm³/mol. The highest BCUT2D eigenvalue weighted by Gasteiger charge is 2.45. The number of ether oxygens (including phenoxy) is 2. The topological polar surface area (TPSA) is 76.1 Å². The second kappa shape index (κ2) is 10.9. The quantitative estimate of drug-likeness (QED) is 0.237. The van der Waals surface area contributed by atoms with Gasteiger partial charge in [0.15, 0.2) is 0 Å². The summed E-state index contributed by atoms with van der Waals surface area (Å²) in [6.07, 6.45) is 0.564. The lowest BCUT2D eigenvalue weighted by Crippen LogP contribution is -2.31. The molecular formula is C26H30ClNO5. The number of carbonyl (C=O) groups is 2. The van der Waals surface area contributed by atoms with Crippen LogP contribution in [-0.2, 0) is 14.3 Å². The number of ketones is 1. The first-order chi connectivity index (χ1) is 15.7. The second-order valence-corrected chi connectivity index (χ2v) is 9.01. The van der Waals surface area contributed by atoms with E-state index in [2.05, 4.69) is 13.8 Å². The molecule has 1 heterocycles. The molecular weight excluding hydrogens is 442 g/mol. The molecule has 1 atom stereocenters. The molecule has 33 heavy (non-hydrogen) atoms. The molecule has 0 radical (unpaired) electrons. The number of aliphatic hydroxyl groups excluding tert-OH is 1. The standard InChI is InChI=1S/C26H30ClNO5/c1-16(2)15-33-20-10-11-21(17(3)14-20)24(29)22-23(18-6-8-19(27)9-7-18)28(12-5-13-32-4)26(31)25(22)30/h6-11,14,16,23,29H,5,12-13,15H2,1-4H3/t23-/m0/s1. The predicted octanol–water partition coefficient (Wildman–Crippen LogP) is 5.14. The van der Waals surface area contributed by atoms with Gasteiger partial charge in [-0.05, 0) is 60.7 Å². The molecule has 1 amide bonds. The van der Waals surface area contributed by atoms with Crippen LogP contribution in [0.15, 0.2) is 48.0 Å². The van der Waals surface area contributed by atoms with Gasteiger partial charge in [0.25, 0.3) is 11.7 Å². The van der Waals surface area contributed by atoms with Crippen LogP contribution in [0.2, 0.25) is 5.02 Å². The molecule has 1 aliphatic rings. The van der Waals surface area contributed by atoms with E-state index in [1.807, 2.05) is 13.0 Å². The van der Waals surface area contributed by atoms with Crippen LogP contribution < -0.4 is 4.74 Å². The van der Waals surface area contributed by atoms with E-state index in [1.54, 1.807) is 43.5 Å². The number of carbonyl (C=O) groups excluding carboxylic acids is 2. The van der Waals surface area contributed by atoms with Crippen molar-refractivity contribution in [2.24, 2.45) is 5.92 Å². The highest BCUT2D eigenvalue weighted by atomic mass is 35.5. The number of methoxy groups -OCH3 is 1. The molecule has 1 fully saturated rings. The average Bonchev–Trinajstić information content (AvgIpc) is 3.03. The molecule has 6 nitrogen and oxygen atoms in total. The summed E-state index contributed by atoms with van der Waals surface area (Å²) in [7, 11) is 1.59. The maximum absolute atomic E-state index is 13.1. The molecule has 7 heteroatoms. The number of rotatable bonds is 9. The molecule has 2 aromatic carbocycles. The Balaban J connectivity index is 2.05. The van der Waals surface area contributed by atoms with Gasteiger partial charge in [0.2, 0.25) is 0 Å². The number of halogens is 1. The molecule has 3 rings (SSSR count). The summed E-state index contributed by atoms with van der Waals surface area (Å²) in [5, 5.41) is 11.8. The molecule has 176 valence electrons. The highest BCUT2D eigenvalue weighted by molar-refractivity contribution is 6.46. The second-order valence-electron chi connectivity index (χ2n) is 8.57. The average molecular weight is 472 g/mol. The van der Waals surface area contributed by atoms with Gasteiger partial charge in [-0.2, -0.15) is 0 Å². The third-order valence-corrected chi connectivity index (χ3v) is 5.76. The summed E-state index contributed by atoms with van der Waals surface area (Å²) in [5.74, 6) is -0.471. The Morgan fingerprint density at radius 2 is 1.85 bits per heavy atom. The third kappa shape index (κ3) is 5.57. The van der Waals surface area contributed by atoms with Gasteiger partial charge in [-0.25, -0.2) is 0 Å².